The molecule has 0 aromatic heterocycles. The van der Waals surface area contributed by atoms with Gasteiger partial charge in [0.05, 0.1) is 6.61 Å². The van der Waals surface area contributed by atoms with Gasteiger partial charge in [-0.1, -0.05) is 40.5 Å². The molecule has 0 bridgehead atoms. The number of hydrogen-bond donors (Lipinski definition) is 1. The summed E-state index contributed by atoms with van der Waals surface area (Å²) in [5.74, 6) is 0.564. The number of likely N-dealkylation sites (tertiary alicyclic amines) is 1. The maximum absolute atomic E-state index is 9.42. The van der Waals surface area contributed by atoms with E-state index in [4.69, 9.17) is 11.6 Å². The van der Waals surface area contributed by atoms with E-state index in [9.17, 15) is 5.11 Å². The van der Waals surface area contributed by atoms with Crippen LogP contribution in [0.5, 0.6) is 0 Å². The van der Waals surface area contributed by atoms with E-state index in [0.29, 0.717) is 5.92 Å². The first-order valence-corrected chi connectivity index (χ1v) is 7.07. The van der Waals surface area contributed by atoms with Crippen molar-refractivity contribution in [2.45, 2.75) is 25.9 Å². The smallest absolute Gasteiger partial charge is 0.0589 e. The van der Waals surface area contributed by atoms with Crippen LogP contribution < -0.4 is 0 Å². The van der Waals surface area contributed by atoms with Crippen molar-refractivity contribution >= 4 is 27.5 Å². The quantitative estimate of drug-likeness (QED) is 0.924. The van der Waals surface area contributed by atoms with Crippen molar-refractivity contribution in [2.75, 3.05) is 13.2 Å². The average molecular weight is 319 g/mol. The van der Waals surface area contributed by atoms with Crippen molar-refractivity contribution in [3.63, 3.8) is 0 Å². The van der Waals surface area contributed by atoms with Gasteiger partial charge in [-0.05, 0) is 36.6 Å². The second-order valence-electron chi connectivity index (χ2n) is 4.72. The molecular formula is C13H17BrClNO. The van der Waals surface area contributed by atoms with Crippen molar-refractivity contribution in [1.82, 2.24) is 4.90 Å². The summed E-state index contributed by atoms with van der Waals surface area (Å²) in [6, 6.07) is 6.25. The number of nitrogens with zero attached hydrogens (tertiary/aromatic N) is 1. The SMILES string of the molecule is CC1CCN(Cc2ccc(Br)cc2Cl)C1CO. The lowest BCUT2D eigenvalue weighted by Gasteiger charge is -2.25. The number of aliphatic hydroxyl groups is 1. The molecule has 4 heteroatoms. The average Bonchev–Trinajstić information content (AvgIpc) is 2.63. The van der Waals surface area contributed by atoms with Crippen molar-refractivity contribution in [3.8, 4) is 0 Å². The number of halogens is 2. The minimum Gasteiger partial charge on any atom is -0.395 e. The Kier molecular flexibility index (Phi) is 4.47. The summed E-state index contributed by atoms with van der Waals surface area (Å²) >= 11 is 9.62. The highest BCUT2D eigenvalue weighted by molar-refractivity contribution is 9.10. The van der Waals surface area contributed by atoms with Gasteiger partial charge in [0.25, 0.3) is 0 Å². The molecule has 1 heterocycles. The zero-order valence-electron chi connectivity index (χ0n) is 9.87. The molecule has 2 rings (SSSR count). The predicted octanol–water partition coefficient (Wildman–Crippen LogP) is 3.31. The first-order chi connectivity index (χ1) is 8.11. The molecule has 1 N–H and O–H groups in total. The molecule has 1 aliphatic heterocycles. The number of aliphatic hydroxyl groups excluding tert-OH is 1. The molecule has 0 radical (unpaired) electrons. The Morgan fingerprint density at radius 1 is 1.53 bits per heavy atom. The summed E-state index contributed by atoms with van der Waals surface area (Å²) in [4.78, 5) is 2.32. The van der Waals surface area contributed by atoms with Crippen LogP contribution in [0.4, 0.5) is 0 Å². The molecule has 17 heavy (non-hydrogen) atoms. The van der Waals surface area contributed by atoms with E-state index in [-0.39, 0.29) is 12.6 Å². The second kappa shape index (κ2) is 5.70. The Bertz CT molecular complexity index is 399. The fourth-order valence-electron chi connectivity index (χ4n) is 2.45. The maximum Gasteiger partial charge on any atom is 0.0589 e. The highest BCUT2D eigenvalue weighted by Gasteiger charge is 2.30. The highest BCUT2D eigenvalue weighted by Crippen LogP contribution is 2.28. The third kappa shape index (κ3) is 3.02. The maximum atomic E-state index is 9.42. The minimum atomic E-state index is 0.231. The summed E-state index contributed by atoms with van der Waals surface area (Å²) < 4.78 is 1.000. The summed E-state index contributed by atoms with van der Waals surface area (Å²) in [5, 5.41) is 10.2. The normalized spacial score (nSPS) is 25.4. The van der Waals surface area contributed by atoms with Gasteiger partial charge in [0, 0.05) is 22.1 Å². The third-order valence-electron chi connectivity index (χ3n) is 3.57. The molecule has 2 atom stereocenters. The molecule has 1 aliphatic rings. The number of rotatable bonds is 3. The molecule has 0 amide bonds. The Hall–Kier alpha value is -0.0900. The minimum absolute atomic E-state index is 0.231. The van der Waals surface area contributed by atoms with Crippen LogP contribution in [0.3, 0.4) is 0 Å². The van der Waals surface area contributed by atoms with Crippen LogP contribution in [0.1, 0.15) is 18.9 Å². The third-order valence-corrected chi connectivity index (χ3v) is 4.42. The Morgan fingerprint density at radius 3 is 2.94 bits per heavy atom. The standard InChI is InChI=1S/C13H17BrClNO/c1-9-4-5-16(13(9)8-17)7-10-2-3-11(14)6-12(10)15/h2-3,6,9,13,17H,4-5,7-8H2,1H3. The van der Waals surface area contributed by atoms with E-state index in [2.05, 4.69) is 27.8 Å². The molecule has 1 fully saturated rings. The van der Waals surface area contributed by atoms with E-state index in [1.54, 1.807) is 0 Å². The molecule has 2 unspecified atom stereocenters. The van der Waals surface area contributed by atoms with Crippen LogP contribution in [0.25, 0.3) is 0 Å². The monoisotopic (exact) mass is 317 g/mol. The molecule has 94 valence electrons. The summed E-state index contributed by atoms with van der Waals surface area (Å²) in [7, 11) is 0. The van der Waals surface area contributed by atoms with Gasteiger partial charge >= 0.3 is 0 Å². The van der Waals surface area contributed by atoms with Crippen LogP contribution in [-0.2, 0) is 6.54 Å². The van der Waals surface area contributed by atoms with Gasteiger partial charge in [0.2, 0.25) is 0 Å². The Labute approximate surface area is 116 Å². The van der Waals surface area contributed by atoms with Gasteiger partial charge in [-0.3, -0.25) is 4.90 Å². The highest BCUT2D eigenvalue weighted by atomic mass is 79.9. The molecule has 1 aromatic rings. The van der Waals surface area contributed by atoms with E-state index < -0.39 is 0 Å². The lowest BCUT2D eigenvalue weighted by atomic mass is 10.0. The Morgan fingerprint density at radius 2 is 2.29 bits per heavy atom. The van der Waals surface area contributed by atoms with Crippen LogP contribution in [0, 0.1) is 5.92 Å². The molecule has 1 saturated heterocycles. The van der Waals surface area contributed by atoms with Gasteiger partial charge in [0.1, 0.15) is 0 Å². The lowest BCUT2D eigenvalue weighted by molar-refractivity contribution is 0.134. The molecule has 0 spiro atoms. The zero-order valence-corrected chi connectivity index (χ0v) is 12.2. The van der Waals surface area contributed by atoms with Crippen molar-refractivity contribution in [2.24, 2.45) is 5.92 Å². The second-order valence-corrected chi connectivity index (χ2v) is 6.04. The summed E-state index contributed by atoms with van der Waals surface area (Å²) in [5.41, 5.74) is 1.13. The van der Waals surface area contributed by atoms with E-state index in [1.807, 2.05) is 18.2 Å². The molecular weight excluding hydrogens is 302 g/mol. The number of benzene rings is 1. The Balaban J connectivity index is 2.10. The van der Waals surface area contributed by atoms with E-state index in [1.165, 1.54) is 0 Å². The van der Waals surface area contributed by atoms with Crippen molar-refractivity contribution in [3.05, 3.63) is 33.3 Å². The van der Waals surface area contributed by atoms with Crippen LogP contribution >= 0.6 is 27.5 Å². The largest absolute Gasteiger partial charge is 0.395 e. The predicted molar refractivity (Wildman–Crippen MR) is 74.2 cm³/mol. The first kappa shape index (κ1) is 13.3. The van der Waals surface area contributed by atoms with Crippen LogP contribution in [0.2, 0.25) is 5.02 Å². The zero-order chi connectivity index (χ0) is 12.4. The molecule has 1 aromatic carbocycles. The van der Waals surface area contributed by atoms with Crippen LogP contribution in [0.15, 0.2) is 22.7 Å². The van der Waals surface area contributed by atoms with E-state index >= 15 is 0 Å². The van der Waals surface area contributed by atoms with Crippen LogP contribution in [-0.4, -0.2) is 29.2 Å². The fourth-order valence-corrected chi connectivity index (χ4v) is 3.18. The van der Waals surface area contributed by atoms with Gasteiger partial charge < -0.3 is 5.11 Å². The summed E-state index contributed by atoms with van der Waals surface area (Å²) in [6.45, 7) is 4.29. The topological polar surface area (TPSA) is 23.5 Å². The molecule has 0 saturated carbocycles. The van der Waals surface area contributed by atoms with Gasteiger partial charge in [-0.15, -0.1) is 0 Å². The van der Waals surface area contributed by atoms with E-state index in [0.717, 1.165) is 34.6 Å². The lowest BCUT2D eigenvalue weighted by Crippen LogP contribution is -2.34. The fraction of sp³-hybridized carbons (Fsp3) is 0.538. The van der Waals surface area contributed by atoms with Crippen molar-refractivity contribution in [1.29, 1.82) is 0 Å². The first-order valence-electron chi connectivity index (χ1n) is 5.90. The molecule has 2 nitrogen and oxygen atoms in total. The molecule has 0 aliphatic carbocycles. The number of hydrogen-bond acceptors (Lipinski definition) is 2. The summed E-state index contributed by atoms with van der Waals surface area (Å²) in [6.07, 6.45) is 1.15. The van der Waals surface area contributed by atoms with Crippen molar-refractivity contribution < 1.29 is 5.11 Å². The van der Waals surface area contributed by atoms with Gasteiger partial charge in [-0.25, -0.2) is 0 Å². The van der Waals surface area contributed by atoms with Gasteiger partial charge in [0.15, 0.2) is 0 Å². The van der Waals surface area contributed by atoms with Gasteiger partial charge in [-0.2, -0.15) is 0 Å².